The van der Waals surface area contributed by atoms with Crippen molar-refractivity contribution < 1.29 is 23.4 Å². The molecule has 8 nitrogen and oxygen atoms in total. The number of hydrogen-bond acceptors (Lipinski definition) is 8. The number of ether oxygens (including phenoxy) is 3. The third kappa shape index (κ3) is 5.92. The lowest BCUT2D eigenvalue weighted by Crippen LogP contribution is -2.38. The second-order valence-corrected chi connectivity index (χ2v) is 8.78. The fourth-order valence-corrected chi connectivity index (χ4v) is 4.38. The molecule has 0 aliphatic carbocycles. The molecule has 1 saturated heterocycles. The topological polar surface area (TPSA) is 85.8 Å². The van der Waals surface area contributed by atoms with Crippen molar-refractivity contribution in [2.75, 3.05) is 45.4 Å². The lowest BCUT2D eigenvalue weighted by molar-refractivity contribution is -0.145. The van der Waals surface area contributed by atoms with Gasteiger partial charge < -0.3 is 19.5 Å². The Morgan fingerprint density at radius 1 is 1.26 bits per heavy atom. The minimum atomic E-state index is -0.678. The number of methoxy groups -OCH3 is 1. The molecule has 0 amide bonds. The number of carbonyl (C=O) groups excluding carboxylic acids is 1. The number of benzene rings is 2. The summed E-state index contributed by atoms with van der Waals surface area (Å²) in [6.45, 7) is 0.378. The van der Waals surface area contributed by atoms with Crippen LogP contribution in [0.5, 0.6) is 11.5 Å². The van der Waals surface area contributed by atoms with Gasteiger partial charge in [-0.15, -0.1) is 0 Å². The molecule has 10 heteroatoms. The maximum atomic E-state index is 12.3. The van der Waals surface area contributed by atoms with Crippen molar-refractivity contribution in [3.63, 3.8) is 0 Å². The first-order valence-corrected chi connectivity index (χ1v) is 11.8. The molecule has 1 atom stereocenters. The second-order valence-electron chi connectivity index (χ2n) is 7.86. The van der Waals surface area contributed by atoms with Crippen molar-refractivity contribution in [3.8, 4) is 11.5 Å². The summed E-state index contributed by atoms with van der Waals surface area (Å²) < 4.78 is 29.8. The van der Waals surface area contributed by atoms with E-state index < -0.39 is 12.6 Å². The summed E-state index contributed by atoms with van der Waals surface area (Å²) in [6, 6.07) is 11.5. The molecular weight excluding hydrogens is 507 g/mol. The fourth-order valence-electron chi connectivity index (χ4n) is 3.98. The highest BCUT2D eigenvalue weighted by Gasteiger charge is 2.28. The van der Waals surface area contributed by atoms with E-state index in [-0.39, 0.29) is 19.2 Å². The van der Waals surface area contributed by atoms with E-state index in [0.717, 1.165) is 40.4 Å². The molecule has 4 rings (SSSR count). The number of halogens is 2. The highest BCUT2D eigenvalue weighted by Crippen LogP contribution is 2.35. The van der Waals surface area contributed by atoms with Crippen LogP contribution in [0.25, 0.3) is 10.9 Å². The van der Waals surface area contributed by atoms with Gasteiger partial charge in [0.25, 0.3) is 0 Å². The van der Waals surface area contributed by atoms with E-state index in [1.807, 2.05) is 41.3 Å². The number of esters is 1. The highest BCUT2D eigenvalue weighted by atomic mass is 79.9. The molecule has 1 N–H and O–H groups in total. The zero-order valence-corrected chi connectivity index (χ0v) is 20.4. The standard InChI is InChI=1S/C24H26BrFN4O4/c1-32-21-12-20-19(24(28-15-27-20)29-17-5-2-4-16(25)10-17)11-22(21)34-14-18-6-3-8-30(18)13-23(31)33-9-7-26/h2,4-5,10-12,15,18H,3,6-9,13-14H2,1H3,(H,27,28,29)/t18-/m0/s1. The number of likely N-dealkylation sites (tertiary alicyclic amines) is 1. The minimum absolute atomic E-state index is 0.0459. The first kappa shape index (κ1) is 24.2. The number of nitrogens with zero attached hydrogens (tertiary/aromatic N) is 3. The third-order valence-electron chi connectivity index (χ3n) is 5.61. The van der Waals surface area contributed by atoms with Gasteiger partial charge in [-0.25, -0.2) is 14.4 Å². The van der Waals surface area contributed by atoms with Crippen LogP contribution in [0, 0.1) is 0 Å². The van der Waals surface area contributed by atoms with E-state index in [2.05, 4.69) is 31.2 Å². The van der Waals surface area contributed by atoms with Crippen molar-refractivity contribution in [2.24, 2.45) is 0 Å². The SMILES string of the molecule is COc1cc2ncnc(Nc3cccc(Br)c3)c2cc1OC[C@@H]1CCCN1CC(=O)OCCF. The van der Waals surface area contributed by atoms with Gasteiger partial charge >= 0.3 is 5.97 Å². The van der Waals surface area contributed by atoms with Crippen LogP contribution in [-0.4, -0.2) is 67.0 Å². The smallest absolute Gasteiger partial charge is 0.320 e. The molecule has 1 aliphatic heterocycles. The number of rotatable bonds is 10. The lowest BCUT2D eigenvalue weighted by atomic mass is 10.2. The molecule has 180 valence electrons. The largest absolute Gasteiger partial charge is 0.493 e. The Kier molecular flexibility index (Phi) is 8.12. The van der Waals surface area contributed by atoms with E-state index in [9.17, 15) is 9.18 Å². The molecule has 34 heavy (non-hydrogen) atoms. The van der Waals surface area contributed by atoms with Crippen LogP contribution in [0.3, 0.4) is 0 Å². The van der Waals surface area contributed by atoms with Crippen LogP contribution in [0.4, 0.5) is 15.9 Å². The number of fused-ring (bicyclic) bond motifs is 1. The van der Waals surface area contributed by atoms with Crippen LogP contribution in [0.15, 0.2) is 47.2 Å². The van der Waals surface area contributed by atoms with Crippen LogP contribution in [0.1, 0.15) is 12.8 Å². The second kappa shape index (κ2) is 11.4. The molecule has 1 fully saturated rings. The van der Waals surface area contributed by atoms with E-state index in [1.54, 1.807) is 7.11 Å². The van der Waals surface area contributed by atoms with Gasteiger partial charge in [-0.3, -0.25) is 9.69 Å². The van der Waals surface area contributed by atoms with Gasteiger partial charge in [0.2, 0.25) is 0 Å². The van der Waals surface area contributed by atoms with Gasteiger partial charge in [0, 0.05) is 27.7 Å². The monoisotopic (exact) mass is 532 g/mol. The third-order valence-corrected chi connectivity index (χ3v) is 6.10. The molecule has 0 radical (unpaired) electrons. The molecule has 3 aromatic rings. The summed E-state index contributed by atoms with van der Waals surface area (Å²) in [5.74, 6) is 1.35. The predicted molar refractivity (Wildman–Crippen MR) is 131 cm³/mol. The van der Waals surface area contributed by atoms with Crippen molar-refractivity contribution in [1.29, 1.82) is 0 Å². The number of nitrogens with one attached hydrogen (secondary N) is 1. The van der Waals surface area contributed by atoms with Crippen LogP contribution in [-0.2, 0) is 9.53 Å². The van der Waals surface area contributed by atoms with Gasteiger partial charge in [-0.2, -0.15) is 0 Å². The van der Waals surface area contributed by atoms with E-state index in [0.29, 0.717) is 23.9 Å². The Balaban J connectivity index is 1.52. The van der Waals surface area contributed by atoms with E-state index >= 15 is 0 Å². The van der Waals surface area contributed by atoms with Gasteiger partial charge in [0.1, 0.15) is 32.0 Å². The van der Waals surface area contributed by atoms with Gasteiger partial charge in [-0.1, -0.05) is 22.0 Å². The Morgan fingerprint density at radius 3 is 2.94 bits per heavy atom. The summed E-state index contributed by atoms with van der Waals surface area (Å²) in [5.41, 5.74) is 1.60. The average Bonchev–Trinajstić information content (AvgIpc) is 3.27. The maximum Gasteiger partial charge on any atom is 0.320 e. The lowest BCUT2D eigenvalue weighted by Gasteiger charge is -2.24. The molecule has 2 aromatic carbocycles. The predicted octanol–water partition coefficient (Wildman–Crippen LogP) is 4.50. The van der Waals surface area contributed by atoms with Crippen molar-refractivity contribution in [2.45, 2.75) is 18.9 Å². The molecule has 0 spiro atoms. The normalized spacial score (nSPS) is 15.9. The van der Waals surface area contributed by atoms with Gasteiger partial charge in [-0.05, 0) is 43.7 Å². The maximum absolute atomic E-state index is 12.3. The molecule has 1 aromatic heterocycles. The number of anilines is 2. The summed E-state index contributed by atoms with van der Waals surface area (Å²) in [4.78, 5) is 22.7. The Hall–Kier alpha value is -2.98. The first-order chi connectivity index (χ1) is 16.6. The van der Waals surface area contributed by atoms with Crippen LogP contribution < -0.4 is 14.8 Å². The van der Waals surface area contributed by atoms with Crippen LogP contribution >= 0.6 is 15.9 Å². The number of alkyl halides is 1. The Bertz CT molecular complexity index is 1150. The van der Waals surface area contributed by atoms with Crippen molar-refractivity contribution in [1.82, 2.24) is 14.9 Å². The van der Waals surface area contributed by atoms with Gasteiger partial charge in [0.05, 0.1) is 19.2 Å². The summed E-state index contributed by atoms with van der Waals surface area (Å²) in [6.07, 6.45) is 3.35. The first-order valence-electron chi connectivity index (χ1n) is 11.0. The van der Waals surface area contributed by atoms with E-state index in [1.165, 1.54) is 6.33 Å². The van der Waals surface area contributed by atoms with Crippen molar-refractivity contribution >= 4 is 44.3 Å². The summed E-state index contributed by atoms with van der Waals surface area (Å²) >= 11 is 3.48. The quantitative estimate of drug-likeness (QED) is 0.382. The minimum Gasteiger partial charge on any atom is -0.493 e. The number of aromatic nitrogens is 2. The van der Waals surface area contributed by atoms with Crippen molar-refractivity contribution in [3.05, 3.63) is 47.2 Å². The number of carbonyl (C=O) groups is 1. The average molecular weight is 533 g/mol. The zero-order valence-electron chi connectivity index (χ0n) is 18.8. The molecule has 1 aliphatic rings. The molecule has 0 saturated carbocycles. The fraction of sp³-hybridized carbons (Fsp3) is 0.375. The Labute approximate surface area is 205 Å². The van der Waals surface area contributed by atoms with Gasteiger partial charge in [0.15, 0.2) is 11.5 Å². The summed E-state index contributed by atoms with van der Waals surface area (Å²) in [7, 11) is 1.58. The summed E-state index contributed by atoms with van der Waals surface area (Å²) in [5, 5.41) is 4.12. The molecule has 0 bridgehead atoms. The molecule has 0 unspecified atom stereocenters. The van der Waals surface area contributed by atoms with E-state index in [4.69, 9.17) is 14.2 Å². The Morgan fingerprint density at radius 2 is 2.15 bits per heavy atom. The molecular formula is C24H26BrFN4O4. The number of hydrogen-bond donors (Lipinski definition) is 1. The highest BCUT2D eigenvalue weighted by molar-refractivity contribution is 9.10. The zero-order chi connectivity index (χ0) is 23.9. The van der Waals surface area contributed by atoms with Crippen LogP contribution in [0.2, 0.25) is 0 Å². The molecule has 2 heterocycles.